The molecule has 0 heterocycles. The Morgan fingerprint density at radius 3 is 2.38 bits per heavy atom. The molecule has 0 rings (SSSR count). The summed E-state index contributed by atoms with van der Waals surface area (Å²) in [7, 11) is 3.91. The van der Waals surface area contributed by atoms with Gasteiger partial charge in [-0.15, -0.1) is 6.58 Å². The van der Waals surface area contributed by atoms with E-state index in [0.717, 1.165) is 6.42 Å². The fourth-order valence-electron chi connectivity index (χ4n) is 0.382. The third-order valence-electron chi connectivity index (χ3n) is 1.07. The Bertz CT molecular complexity index is 68.9. The van der Waals surface area contributed by atoms with Crippen molar-refractivity contribution in [3.63, 3.8) is 0 Å². The molecule has 0 aliphatic rings. The zero-order chi connectivity index (χ0) is 6.57. The zero-order valence-corrected chi connectivity index (χ0v) is 5.59. The molecule has 1 unspecified atom stereocenters. The monoisotopic (exact) mass is 114 g/mol. The van der Waals surface area contributed by atoms with Gasteiger partial charge in [-0.1, -0.05) is 6.08 Å². The molecule has 0 aromatic heterocycles. The summed E-state index contributed by atoms with van der Waals surface area (Å²) in [6, 6.07) is 0. The molecule has 0 saturated heterocycles. The first-order valence-corrected chi connectivity index (χ1v) is 2.71. The predicted molar refractivity (Wildman–Crippen MR) is 36.5 cm³/mol. The minimum absolute atomic E-state index is 0.132. The molecule has 0 spiro atoms. The van der Waals surface area contributed by atoms with Crippen LogP contribution < -0.4 is 5.73 Å². The second-order valence-corrected chi connectivity index (χ2v) is 2.06. The Balaban J connectivity index is 3.30. The summed E-state index contributed by atoms with van der Waals surface area (Å²) in [5.41, 5.74) is 5.58. The van der Waals surface area contributed by atoms with Crippen LogP contribution in [0.1, 0.15) is 6.42 Å². The first-order valence-electron chi connectivity index (χ1n) is 2.71. The maximum Gasteiger partial charge on any atom is 0.0602 e. The lowest BCUT2D eigenvalue weighted by Crippen LogP contribution is -2.35. The van der Waals surface area contributed by atoms with E-state index in [-0.39, 0.29) is 6.17 Å². The molecule has 2 heteroatoms. The van der Waals surface area contributed by atoms with Crippen molar-refractivity contribution in [1.82, 2.24) is 4.90 Å². The number of hydrogen-bond acceptors (Lipinski definition) is 2. The van der Waals surface area contributed by atoms with Gasteiger partial charge in [-0.05, 0) is 20.5 Å². The number of hydrogen-bond donors (Lipinski definition) is 1. The smallest absolute Gasteiger partial charge is 0.0602 e. The summed E-state index contributed by atoms with van der Waals surface area (Å²) in [5, 5.41) is 0. The molecular formula is C6H14N2. The minimum Gasteiger partial charge on any atom is -0.315 e. The Morgan fingerprint density at radius 2 is 2.25 bits per heavy atom. The van der Waals surface area contributed by atoms with Gasteiger partial charge in [0.05, 0.1) is 6.17 Å². The molecule has 0 aromatic carbocycles. The van der Waals surface area contributed by atoms with Gasteiger partial charge in [-0.3, -0.25) is 4.90 Å². The highest BCUT2D eigenvalue weighted by Crippen LogP contribution is 1.89. The van der Waals surface area contributed by atoms with E-state index in [0.29, 0.717) is 0 Å². The lowest BCUT2D eigenvalue weighted by molar-refractivity contribution is 0.303. The van der Waals surface area contributed by atoms with Crippen molar-refractivity contribution < 1.29 is 0 Å². The van der Waals surface area contributed by atoms with Crippen molar-refractivity contribution in [2.75, 3.05) is 14.1 Å². The number of rotatable bonds is 3. The van der Waals surface area contributed by atoms with Crippen molar-refractivity contribution in [2.24, 2.45) is 5.73 Å². The van der Waals surface area contributed by atoms with Crippen molar-refractivity contribution in [2.45, 2.75) is 12.6 Å². The lowest BCUT2D eigenvalue weighted by Gasteiger charge is -2.16. The van der Waals surface area contributed by atoms with E-state index < -0.39 is 0 Å². The summed E-state index contributed by atoms with van der Waals surface area (Å²) >= 11 is 0. The number of nitrogens with two attached hydrogens (primary N) is 1. The summed E-state index contributed by atoms with van der Waals surface area (Å²) < 4.78 is 0. The van der Waals surface area contributed by atoms with Crippen LogP contribution in [0.25, 0.3) is 0 Å². The molecule has 0 amide bonds. The Morgan fingerprint density at radius 1 is 1.75 bits per heavy atom. The average molecular weight is 114 g/mol. The van der Waals surface area contributed by atoms with Crippen molar-refractivity contribution in [3.8, 4) is 0 Å². The van der Waals surface area contributed by atoms with Gasteiger partial charge in [-0.2, -0.15) is 0 Å². The van der Waals surface area contributed by atoms with E-state index in [9.17, 15) is 0 Å². The minimum atomic E-state index is 0.132. The van der Waals surface area contributed by atoms with Crippen LogP contribution in [0.4, 0.5) is 0 Å². The van der Waals surface area contributed by atoms with Gasteiger partial charge in [0.2, 0.25) is 0 Å². The lowest BCUT2D eigenvalue weighted by atomic mass is 10.3. The van der Waals surface area contributed by atoms with E-state index in [1.165, 1.54) is 0 Å². The first kappa shape index (κ1) is 7.66. The van der Waals surface area contributed by atoms with Crippen molar-refractivity contribution in [3.05, 3.63) is 12.7 Å². The molecular weight excluding hydrogens is 100 g/mol. The van der Waals surface area contributed by atoms with Gasteiger partial charge < -0.3 is 5.73 Å². The molecule has 2 N–H and O–H groups in total. The Labute approximate surface area is 51.0 Å². The second kappa shape index (κ2) is 3.64. The van der Waals surface area contributed by atoms with E-state index >= 15 is 0 Å². The third kappa shape index (κ3) is 2.77. The molecule has 0 saturated carbocycles. The number of nitrogens with zero attached hydrogens (tertiary/aromatic N) is 1. The van der Waals surface area contributed by atoms with Crippen LogP contribution in [0, 0.1) is 0 Å². The maximum atomic E-state index is 5.58. The largest absolute Gasteiger partial charge is 0.315 e. The molecule has 8 heavy (non-hydrogen) atoms. The molecule has 0 aliphatic carbocycles. The topological polar surface area (TPSA) is 29.3 Å². The van der Waals surface area contributed by atoms with E-state index in [4.69, 9.17) is 5.73 Å². The summed E-state index contributed by atoms with van der Waals surface area (Å²) in [5.74, 6) is 0. The molecule has 2 nitrogen and oxygen atoms in total. The third-order valence-corrected chi connectivity index (χ3v) is 1.07. The standard InChI is InChI=1S/C6H14N2/c1-4-5-6(7)8(2)3/h4,6H,1,5,7H2,2-3H3. The van der Waals surface area contributed by atoms with Crippen LogP contribution in [0.3, 0.4) is 0 Å². The Hall–Kier alpha value is -0.340. The quantitative estimate of drug-likeness (QED) is 0.425. The van der Waals surface area contributed by atoms with E-state index in [2.05, 4.69) is 6.58 Å². The van der Waals surface area contributed by atoms with Crippen molar-refractivity contribution >= 4 is 0 Å². The highest BCUT2D eigenvalue weighted by Gasteiger charge is 1.98. The molecule has 0 aliphatic heterocycles. The molecule has 1 atom stereocenters. The normalized spacial score (nSPS) is 14.0. The highest BCUT2D eigenvalue weighted by molar-refractivity contribution is 4.72. The summed E-state index contributed by atoms with van der Waals surface area (Å²) in [6.07, 6.45) is 2.81. The first-order chi connectivity index (χ1) is 3.68. The van der Waals surface area contributed by atoms with Crippen LogP contribution in [0.2, 0.25) is 0 Å². The Kier molecular flexibility index (Phi) is 3.48. The molecule has 0 aromatic rings. The van der Waals surface area contributed by atoms with Crippen LogP contribution in [0.5, 0.6) is 0 Å². The van der Waals surface area contributed by atoms with Gasteiger partial charge in [0.1, 0.15) is 0 Å². The van der Waals surface area contributed by atoms with Gasteiger partial charge in [-0.25, -0.2) is 0 Å². The zero-order valence-electron chi connectivity index (χ0n) is 5.59. The maximum absolute atomic E-state index is 5.58. The van der Waals surface area contributed by atoms with Gasteiger partial charge in [0.15, 0.2) is 0 Å². The van der Waals surface area contributed by atoms with Gasteiger partial charge >= 0.3 is 0 Å². The molecule has 0 fully saturated rings. The van der Waals surface area contributed by atoms with Gasteiger partial charge in [0, 0.05) is 0 Å². The predicted octanol–water partition coefficient (Wildman–Crippen LogP) is 0.409. The fraction of sp³-hybridized carbons (Fsp3) is 0.667. The van der Waals surface area contributed by atoms with Crippen LogP contribution in [-0.2, 0) is 0 Å². The molecule has 0 radical (unpaired) electrons. The van der Waals surface area contributed by atoms with Crippen LogP contribution in [-0.4, -0.2) is 25.2 Å². The summed E-state index contributed by atoms with van der Waals surface area (Å²) in [4.78, 5) is 1.96. The van der Waals surface area contributed by atoms with Crippen molar-refractivity contribution in [1.29, 1.82) is 0 Å². The average Bonchev–Trinajstić information content (AvgIpc) is 1.67. The fourth-order valence-corrected chi connectivity index (χ4v) is 0.382. The van der Waals surface area contributed by atoms with Gasteiger partial charge in [0.25, 0.3) is 0 Å². The highest BCUT2D eigenvalue weighted by atomic mass is 15.2. The SMILES string of the molecule is C=CCC(N)N(C)C. The molecule has 48 valence electrons. The van der Waals surface area contributed by atoms with E-state index in [1.807, 2.05) is 25.1 Å². The van der Waals surface area contributed by atoms with E-state index in [1.54, 1.807) is 0 Å². The van der Waals surface area contributed by atoms with Crippen LogP contribution in [0.15, 0.2) is 12.7 Å². The summed E-state index contributed by atoms with van der Waals surface area (Å²) in [6.45, 7) is 3.58. The second-order valence-electron chi connectivity index (χ2n) is 2.06. The van der Waals surface area contributed by atoms with Crippen LogP contribution >= 0.6 is 0 Å². The molecule has 0 bridgehead atoms.